The number of amides is 1. The Morgan fingerprint density at radius 1 is 1.28 bits per heavy atom. The van der Waals surface area contributed by atoms with E-state index in [1.807, 2.05) is 6.92 Å². The van der Waals surface area contributed by atoms with Crippen LogP contribution in [-0.2, 0) is 16.5 Å². The van der Waals surface area contributed by atoms with Crippen LogP contribution in [0.1, 0.15) is 55.1 Å². The van der Waals surface area contributed by atoms with Gasteiger partial charge >= 0.3 is 17.6 Å². The van der Waals surface area contributed by atoms with Gasteiger partial charge in [0.1, 0.15) is 15.6 Å². The van der Waals surface area contributed by atoms with Crippen molar-refractivity contribution in [2.75, 3.05) is 19.0 Å². The van der Waals surface area contributed by atoms with Crippen LogP contribution in [0.15, 0.2) is 0 Å². The monoisotopic (exact) mass is 424 g/mol. The lowest BCUT2D eigenvalue weighted by molar-refractivity contribution is -0.385. The molecular weight excluding hydrogens is 404 g/mol. The van der Waals surface area contributed by atoms with Crippen LogP contribution in [0.2, 0.25) is 0 Å². The first-order valence-electron chi connectivity index (χ1n) is 8.52. The highest BCUT2D eigenvalue weighted by molar-refractivity contribution is 7.18. The molecule has 2 aromatic rings. The first-order valence-corrected chi connectivity index (χ1v) is 9.33. The van der Waals surface area contributed by atoms with Gasteiger partial charge in [0.2, 0.25) is 5.69 Å². The molecule has 0 unspecified atom stereocenters. The molecule has 0 atom stereocenters. The number of nitro groups is 1. The summed E-state index contributed by atoms with van der Waals surface area (Å²) in [5.41, 5.74) is -0.382. The van der Waals surface area contributed by atoms with Gasteiger partial charge in [0.15, 0.2) is 0 Å². The van der Waals surface area contributed by atoms with Crippen molar-refractivity contribution >= 4 is 39.9 Å². The van der Waals surface area contributed by atoms with Gasteiger partial charge < -0.3 is 14.8 Å². The van der Waals surface area contributed by atoms with Crippen molar-refractivity contribution in [1.82, 2.24) is 9.78 Å². The number of carbonyl (C=O) groups excluding carboxylic acids is 3. The number of hydrogen-bond donors (Lipinski definition) is 1. The molecule has 0 radical (unpaired) electrons. The molecule has 0 aromatic carbocycles. The van der Waals surface area contributed by atoms with Crippen molar-refractivity contribution < 1.29 is 28.8 Å². The summed E-state index contributed by atoms with van der Waals surface area (Å²) in [6, 6.07) is 0. The summed E-state index contributed by atoms with van der Waals surface area (Å²) in [6.45, 7) is 4.95. The second-order valence-corrected chi connectivity index (χ2v) is 7.03. The molecule has 11 nitrogen and oxygen atoms in total. The number of esters is 2. The standard InChI is InChI=1S/C17H20N4O7S/c1-6-7-28-16(23)10-8(2)13(17(24)27-5)29-15(10)18-14(22)11-12(21(25)26)9(3)20(4)19-11/h6-7H2,1-5H3,(H,18,22). The molecule has 2 aromatic heterocycles. The second-order valence-electron chi connectivity index (χ2n) is 6.01. The maximum Gasteiger partial charge on any atom is 0.348 e. The molecule has 1 amide bonds. The summed E-state index contributed by atoms with van der Waals surface area (Å²) in [5, 5.41) is 17.7. The number of hydrogen-bond acceptors (Lipinski definition) is 9. The van der Waals surface area contributed by atoms with Crippen LogP contribution in [0.25, 0.3) is 0 Å². The maximum absolute atomic E-state index is 12.7. The number of carbonyl (C=O) groups is 3. The van der Waals surface area contributed by atoms with Gasteiger partial charge in [-0.25, -0.2) is 9.59 Å². The number of nitrogens with one attached hydrogen (secondary N) is 1. The largest absolute Gasteiger partial charge is 0.465 e. The lowest BCUT2D eigenvalue weighted by Crippen LogP contribution is -2.17. The summed E-state index contributed by atoms with van der Waals surface area (Å²) < 4.78 is 11.1. The zero-order chi connectivity index (χ0) is 21.9. The van der Waals surface area contributed by atoms with E-state index in [2.05, 4.69) is 10.4 Å². The van der Waals surface area contributed by atoms with Crippen LogP contribution in [0.3, 0.4) is 0 Å². The Bertz CT molecular complexity index is 993. The van der Waals surface area contributed by atoms with Crippen molar-refractivity contribution in [2.24, 2.45) is 7.05 Å². The van der Waals surface area contributed by atoms with E-state index in [0.717, 1.165) is 11.3 Å². The van der Waals surface area contributed by atoms with Crippen LogP contribution < -0.4 is 5.32 Å². The number of ether oxygens (including phenoxy) is 2. The van der Waals surface area contributed by atoms with Crippen molar-refractivity contribution in [3.05, 3.63) is 37.5 Å². The molecule has 0 saturated carbocycles. The van der Waals surface area contributed by atoms with E-state index in [0.29, 0.717) is 6.42 Å². The Balaban J connectivity index is 2.50. The average Bonchev–Trinajstić information content (AvgIpc) is 3.15. The Morgan fingerprint density at radius 3 is 2.48 bits per heavy atom. The number of thiophene rings is 1. The zero-order valence-electron chi connectivity index (χ0n) is 16.5. The van der Waals surface area contributed by atoms with E-state index in [9.17, 15) is 24.5 Å². The maximum atomic E-state index is 12.7. The van der Waals surface area contributed by atoms with E-state index < -0.39 is 34.2 Å². The number of rotatable bonds is 7. The molecule has 2 heterocycles. The predicted molar refractivity (Wildman–Crippen MR) is 104 cm³/mol. The molecule has 0 saturated heterocycles. The van der Waals surface area contributed by atoms with Crippen LogP contribution in [-0.4, -0.2) is 46.3 Å². The van der Waals surface area contributed by atoms with Crippen LogP contribution >= 0.6 is 11.3 Å². The fraction of sp³-hybridized carbons (Fsp3) is 0.412. The zero-order valence-corrected chi connectivity index (χ0v) is 17.3. The molecule has 2 rings (SSSR count). The van der Waals surface area contributed by atoms with E-state index in [1.54, 1.807) is 0 Å². The number of anilines is 1. The number of nitrogens with zero attached hydrogens (tertiary/aromatic N) is 3. The SMILES string of the molecule is CCCOC(=O)c1c(NC(=O)c2nn(C)c(C)c2[N+](=O)[O-])sc(C(=O)OC)c1C. The smallest absolute Gasteiger partial charge is 0.348 e. The normalized spacial score (nSPS) is 10.5. The summed E-state index contributed by atoms with van der Waals surface area (Å²) in [7, 11) is 2.66. The summed E-state index contributed by atoms with van der Waals surface area (Å²) >= 11 is 0.817. The van der Waals surface area contributed by atoms with Gasteiger partial charge in [-0.1, -0.05) is 6.92 Å². The minimum atomic E-state index is -0.886. The molecule has 0 bridgehead atoms. The molecule has 0 spiro atoms. The molecule has 156 valence electrons. The van der Waals surface area contributed by atoms with E-state index >= 15 is 0 Å². The van der Waals surface area contributed by atoms with Gasteiger partial charge in [0, 0.05) is 7.05 Å². The van der Waals surface area contributed by atoms with Crippen molar-refractivity contribution in [2.45, 2.75) is 27.2 Å². The highest BCUT2D eigenvalue weighted by Crippen LogP contribution is 2.35. The third kappa shape index (κ3) is 4.26. The van der Waals surface area contributed by atoms with Gasteiger partial charge in [-0.2, -0.15) is 5.10 Å². The molecule has 1 N–H and O–H groups in total. The first-order chi connectivity index (χ1) is 13.6. The van der Waals surface area contributed by atoms with Crippen molar-refractivity contribution in [3.63, 3.8) is 0 Å². The minimum Gasteiger partial charge on any atom is -0.465 e. The molecule has 12 heteroatoms. The third-order valence-electron chi connectivity index (χ3n) is 4.09. The quantitative estimate of drug-likeness (QED) is 0.406. The summed E-state index contributed by atoms with van der Waals surface area (Å²) in [6.07, 6.45) is 0.583. The second kappa shape index (κ2) is 8.82. The molecule has 0 fully saturated rings. The predicted octanol–water partition coefficient (Wildman–Crippen LogP) is 2.61. The van der Waals surface area contributed by atoms with E-state index in [1.165, 1.54) is 32.7 Å². The number of methoxy groups -OCH3 is 1. The average molecular weight is 424 g/mol. The number of aromatic nitrogens is 2. The van der Waals surface area contributed by atoms with Gasteiger partial charge in [0.25, 0.3) is 5.91 Å². The Kier molecular flexibility index (Phi) is 6.69. The third-order valence-corrected chi connectivity index (χ3v) is 5.27. The lowest BCUT2D eigenvalue weighted by atomic mass is 10.1. The van der Waals surface area contributed by atoms with Crippen LogP contribution in [0.5, 0.6) is 0 Å². The Morgan fingerprint density at radius 2 is 1.93 bits per heavy atom. The summed E-state index contributed by atoms with van der Waals surface area (Å²) in [5.74, 6) is -2.29. The number of aryl methyl sites for hydroxylation is 1. The molecule has 29 heavy (non-hydrogen) atoms. The van der Waals surface area contributed by atoms with Crippen LogP contribution in [0, 0.1) is 24.0 Å². The fourth-order valence-corrected chi connectivity index (χ4v) is 3.64. The van der Waals surface area contributed by atoms with Gasteiger partial charge in [-0.05, 0) is 25.8 Å². The first kappa shape index (κ1) is 22.0. The minimum absolute atomic E-state index is 0.00694. The molecule has 0 aliphatic heterocycles. The van der Waals surface area contributed by atoms with Crippen molar-refractivity contribution in [1.29, 1.82) is 0 Å². The fourth-order valence-electron chi connectivity index (χ4n) is 2.53. The van der Waals surface area contributed by atoms with Crippen molar-refractivity contribution in [3.8, 4) is 0 Å². The Labute approximate surface area is 169 Å². The highest BCUT2D eigenvalue weighted by atomic mass is 32.1. The van der Waals surface area contributed by atoms with Gasteiger partial charge in [-0.3, -0.25) is 19.6 Å². The van der Waals surface area contributed by atoms with E-state index in [4.69, 9.17) is 9.47 Å². The van der Waals surface area contributed by atoms with Crippen LogP contribution in [0.4, 0.5) is 10.7 Å². The van der Waals surface area contributed by atoms with Gasteiger partial charge in [0.05, 0.1) is 24.2 Å². The van der Waals surface area contributed by atoms with E-state index in [-0.39, 0.29) is 33.3 Å². The molecule has 0 aliphatic rings. The molecular formula is C17H20N4O7S. The Hall–Kier alpha value is -3.28. The topological polar surface area (TPSA) is 143 Å². The molecule has 0 aliphatic carbocycles. The van der Waals surface area contributed by atoms with Gasteiger partial charge in [-0.15, -0.1) is 11.3 Å². The summed E-state index contributed by atoms with van der Waals surface area (Å²) in [4.78, 5) is 47.9. The lowest BCUT2D eigenvalue weighted by Gasteiger charge is -2.06. The highest BCUT2D eigenvalue weighted by Gasteiger charge is 2.32.